The fraction of sp³-hybridized carbons (Fsp3) is 0.800. The van der Waals surface area contributed by atoms with Gasteiger partial charge in [-0.3, -0.25) is 4.79 Å². The van der Waals surface area contributed by atoms with E-state index in [1.807, 2.05) is 6.08 Å². The van der Waals surface area contributed by atoms with Gasteiger partial charge >= 0.3 is 29.6 Å². The van der Waals surface area contributed by atoms with Crippen molar-refractivity contribution in [3.8, 4) is 0 Å². The molecule has 1 aliphatic rings. The summed E-state index contributed by atoms with van der Waals surface area (Å²) in [7, 11) is 0. The van der Waals surface area contributed by atoms with Crippen LogP contribution in [0.25, 0.3) is 0 Å². The summed E-state index contributed by atoms with van der Waals surface area (Å²) < 4.78 is 0. The van der Waals surface area contributed by atoms with Crippen LogP contribution in [0.4, 0.5) is 0 Å². The SMILES string of the molecule is CCCCCC(O)C=CC1C(O)CC(=O)C1CCCCCCC(=O)[O-].[Na+]. The largest absolute Gasteiger partial charge is 1.00 e. The molecule has 0 amide bonds. The second-order valence-corrected chi connectivity index (χ2v) is 7.19. The molecule has 1 rings (SSSR count). The number of Topliss-reactive ketones (excluding diaryl/α,β-unsaturated/α-hetero) is 1. The number of aliphatic hydroxyl groups excluding tert-OH is 2. The van der Waals surface area contributed by atoms with Crippen LogP contribution in [0.15, 0.2) is 12.2 Å². The first kappa shape index (κ1) is 25.8. The molecule has 0 saturated heterocycles. The van der Waals surface area contributed by atoms with Crippen molar-refractivity contribution in [2.45, 2.75) is 89.8 Å². The quantitative estimate of drug-likeness (QED) is 0.248. The molecule has 6 heteroatoms. The number of carboxylic acids is 1. The number of aliphatic hydroxyl groups is 2. The van der Waals surface area contributed by atoms with Crippen molar-refractivity contribution in [3.05, 3.63) is 12.2 Å². The van der Waals surface area contributed by atoms with Crippen molar-refractivity contribution in [3.63, 3.8) is 0 Å². The van der Waals surface area contributed by atoms with Crippen LogP contribution in [0.2, 0.25) is 0 Å². The number of carbonyl (C=O) groups excluding carboxylic acids is 2. The van der Waals surface area contributed by atoms with Crippen molar-refractivity contribution >= 4 is 11.8 Å². The molecule has 1 aliphatic carbocycles. The van der Waals surface area contributed by atoms with E-state index < -0.39 is 18.2 Å². The first-order valence-electron chi connectivity index (χ1n) is 9.72. The van der Waals surface area contributed by atoms with Gasteiger partial charge in [0.15, 0.2) is 0 Å². The van der Waals surface area contributed by atoms with Gasteiger partial charge in [0, 0.05) is 24.2 Å². The van der Waals surface area contributed by atoms with E-state index in [1.54, 1.807) is 6.08 Å². The third-order valence-corrected chi connectivity index (χ3v) is 5.04. The number of carbonyl (C=O) groups is 2. The van der Waals surface area contributed by atoms with Gasteiger partial charge in [-0.2, -0.15) is 0 Å². The molecule has 2 N–H and O–H groups in total. The van der Waals surface area contributed by atoms with Gasteiger partial charge in [0.2, 0.25) is 0 Å². The van der Waals surface area contributed by atoms with Crippen molar-refractivity contribution in [2.24, 2.45) is 11.8 Å². The van der Waals surface area contributed by atoms with Crippen molar-refractivity contribution in [2.75, 3.05) is 0 Å². The van der Waals surface area contributed by atoms with E-state index in [4.69, 9.17) is 0 Å². The Morgan fingerprint density at radius 3 is 2.58 bits per heavy atom. The predicted octanol–water partition coefficient (Wildman–Crippen LogP) is -0.856. The standard InChI is InChI=1S/C20H34O5.Na/c1-2-3-6-9-15(21)12-13-17-16(18(22)14-19(17)23)10-7-4-5-8-11-20(24)25;/h12-13,15-17,19,21,23H,2-11,14H2,1H3,(H,24,25);/q;+1/p-1. The third kappa shape index (κ3) is 10.2. The van der Waals surface area contributed by atoms with Crippen molar-refractivity contribution < 1.29 is 54.5 Å². The third-order valence-electron chi connectivity index (χ3n) is 5.04. The number of carboxylic acid groups (broad SMARTS) is 1. The first-order chi connectivity index (χ1) is 12.0. The Balaban J connectivity index is 0.00000625. The molecule has 1 fully saturated rings. The Morgan fingerprint density at radius 1 is 1.23 bits per heavy atom. The van der Waals surface area contributed by atoms with Crippen LogP contribution in [-0.4, -0.2) is 34.2 Å². The van der Waals surface area contributed by atoms with Gasteiger partial charge in [0.1, 0.15) is 5.78 Å². The fourth-order valence-electron chi connectivity index (χ4n) is 3.54. The molecule has 0 radical (unpaired) electrons. The van der Waals surface area contributed by atoms with Gasteiger partial charge in [-0.25, -0.2) is 0 Å². The minimum absolute atomic E-state index is 0. The van der Waals surface area contributed by atoms with Crippen molar-refractivity contribution in [1.29, 1.82) is 0 Å². The molecule has 0 spiro atoms. The molecule has 5 nitrogen and oxygen atoms in total. The van der Waals surface area contributed by atoms with E-state index in [-0.39, 0.29) is 60.0 Å². The molecule has 144 valence electrons. The molecule has 26 heavy (non-hydrogen) atoms. The average molecular weight is 376 g/mol. The van der Waals surface area contributed by atoms with E-state index in [0.717, 1.165) is 38.5 Å². The zero-order valence-corrected chi connectivity index (χ0v) is 18.4. The minimum Gasteiger partial charge on any atom is -0.550 e. The number of hydrogen-bond donors (Lipinski definition) is 2. The van der Waals surface area contributed by atoms with Crippen LogP contribution >= 0.6 is 0 Å². The van der Waals surface area contributed by atoms with Crippen LogP contribution in [-0.2, 0) is 9.59 Å². The zero-order chi connectivity index (χ0) is 18.7. The Bertz CT molecular complexity index is 438. The Labute approximate surface area is 179 Å². The summed E-state index contributed by atoms with van der Waals surface area (Å²) in [4.78, 5) is 22.5. The topological polar surface area (TPSA) is 97.7 Å². The van der Waals surface area contributed by atoms with Crippen LogP contribution in [0, 0.1) is 11.8 Å². The van der Waals surface area contributed by atoms with E-state index in [0.29, 0.717) is 19.3 Å². The maximum Gasteiger partial charge on any atom is 1.00 e. The van der Waals surface area contributed by atoms with Crippen LogP contribution in [0.1, 0.15) is 77.6 Å². The van der Waals surface area contributed by atoms with Gasteiger partial charge in [0.25, 0.3) is 0 Å². The summed E-state index contributed by atoms with van der Waals surface area (Å²) >= 11 is 0. The van der Waals surface area contributed by atoms with Gasteiger partial charge in [-0.1, -0.05) is 57.6 Å². The van der Waals surface area contributed by atoms with E-state index in [2.05, 4.69) is 6.92 Å². The smallest absolute Gasteiger partial charge is 0.550 e. The average Bonchev–Trinajstić information content (AvgIpc) is 2.82. The first-order valence-corrected chi connectivity index (χ1v) is 9.72. The predicted molar refractivity (Wildman–Crippen MR) is 94.6 cm³/mol. The molecular formula is C20H33NaO5. The molecule has 0 bridgehead atoms. The fourth-order valence-corrected chi connectivity index (χ4v) is 3.54. The summed E-state index contributed by atoms with van der Waals surface area (Å²) in [5.74, 6) is -1.32. The molecule has 0 aromatic carbocycles. The summed E-state index contributed by atoms with van der Waals surface area (Å²) in [6, 6.07) is 0. The molecule has 0 heterocycles. The molecular weight excluding hydrogens is 343 g/mol. The van der Waals surface area contributed by atoms with E-state index in [1.165, 1.54) is 0 Å². The summed E-state index contributed by atoms with van der Waals surface area (Å²) in [6.45, 7) is 2.12. The van der Waals surface area contributed by atoms with Gasteiger partial charge in [-0.05, 0) is 25.7 Å². The molecule has 4 atom stereocenters. The number of ketones is 1. The van der Waals surface area contributed by atoms with Crippen molar-refractivity contribution in [1.82, 2.24) is 0 Å². The zero-order valence-electron chi connectivity index (χ0n) is 16.4. The monoisotopic (exact) mass is 376 g/mol. The summed E-state index contributed by atoms with van der Waals surface area (Å²) in [5, 5.41) is 30.5. The minimum atomic E-state index is -1.02. The molecule has 0 aliphatic heterocycles. The van der Waals surface area contributed by atoms with Gasteiger partial charge < -0.3 is 20.1 Å². The summed E-state index contributed by atoms with van der Waals surface area (Å²) in [6.07, 6.45) is 10.4. The molecule has 4 unspecified atom stereocenters. The number of unbranched alkanes of at least 4 members (excludes halogenated alkanes) is 5. The molecule has 0 aromatic heterocycles. The number of rotatable bonds is 13. The second kappa shape index (κ2) is 14.8. The van der Waals surface area contributed by atoms with Crippen LogP contribution in [0.5, 0.6) is 0 Å². The molecule has 0 aromatic rings. The van der Waals surface area contributed by atoms with Gasteiger partial charge in [-0.15, -0.1) is 0 Å². The number of hydrogen-bond acceptors (Lipinski definition) is 5. The number of aliphatic carboxylic acids is 1. The maximum atomic E-state index is 12.1. The Kier molecular flexibility index (Phi) is 14.7. The van der Waals surface area contributed by atoms with Crippen LogP contribution < -0.4 is 34.7 Å². The normalized spacial score (nSPS) is 24.0. The van der Waals surface area contributed by atoms with Crippen LogP contribution in [0.3, 0.4) is 0 Å². The Morgan fingerprint density at radius 2 is 1.92 bits per heavy atom. The Hall–Kier alpha value is -0.200. The maximum absolute atomic E-state index is 12.1. The van der Waals surface area contributed by atoms with E-state index in [9.17, 15) is 24.9 Å². The van der Waals surface area contributed by atoms with E-state index >= 15 is 0 Å². The second-order valence-electron chi connectivity index (χ2n) is 7.19. The summed E-state index contributed by atoms with van der Waals surface area (Å²) in [5.41, 5.74) is 0. The van der Waals surface area contributed by atoms with Gasteiger partial charge in [0.05, 0.1) is 12.2 Å². The molecule has 1 saturated carbocycles.